The first-order chi connectivity index (χ1) is 6.37. The second-order valence-electron chi connectivity index (χ2n) is 2.26. The van der Waals surface area contributed by atoms with E-state index in [0.29, 0.717) is 6.26 Å². The molecule has 0 rings (SSSR count). The van der Waals surface area contributed by atoms with Gasteiger partial charge in [0.2, 0.25) is 0 Å². The van der Waals surface area contributed by atoms with E-state index in [1.807, 2.05) is 0 Å². The number of ether oxygens (including phenoxy) is 1. The number of aliphatic hydroxyl groups excluding tert-OH is 1. The second-order valence-corrected chi connectivity index (χ2v) is 3.45. The lowest BCUT2D eigenvalue weighted by atomic mass is 10.3. The summed E-state index contributed by atoms with van der Waals surface area (Å²) in [6, 6.07) is 0. The highest BCUT2D eigenvalue weighted by Crippen LogP contribution is 2.36. The highest BCUT2D eigenvalue weighted by Gasteiger charge is 2.14. The first kappa shape index (κ1) is 13.1. The maximum absolute atomic E-state index is 10.9. The van der Waals surface area contributed by atoms with Gasteiger partial charge < -0.3 is 14.4 Å². The Morgan fingerprint density at radius 2 is 2.07 bits per heavy atom. The Labute approximate surface area is 80.2 Å². The molecule has 0 spiro atoms. The molecule has 3 N–H and O–H groups in total. The number of carbonyl (C=O) groups excluding carboxylic acids is 1. The van der Waals surface area contributed by atoms with Crippen LogP contribution in [0.4, 0.5) is 0 Å². The van der Waals surface area contributed by atoms with Crippen molar-refractivity contribution < 1.29 is 33.5 Å². The van der Waals surface area contributed by atoms with E-state index in [1.54, 1.807) is 0 Å². The molecule has 0 saturated carbocycles. The normalized spacial score (nSPS) is 12.4. The van der Waals surface area contributed by atoms with Crippen molar-refractivity contribution in [3.63, 3.8) is 0 Å². The molecule has 0 fully saturated rings. The summed E-state index contributed by atoms with van der Waals surface area (Å²) < 4.78 is 18.6. The van der Waals surface area contributed by atoms with E-state index in [1.165, 1.54) is 6.92 Å². The monoisotopic (exact) mass is 226 g/mol. The minimum Gasteiger partial charge on any atom is -0.460 e. The molecular formula is C6H11O7P. The number of carbonyl (C=O) groups is 1. The second kappa shape index (κ2) is 5.77. The number of aliphatic hydroxyl groups is 1. The van der Waals surface area contributed by atoms with Gasteiger partial charge >= 0.3 is 13.8 Å². The standard InChI is InChI=1S/C6H11O7P/c1-5(4-13-14(9,10)11)6(8)12-3-2-7/h4,7H,2-3H2,1H3,(H2,9,10,11)/b5-4+. The van der Waals surface area contributed by atoms with Crippen molar-refractivity contribution in [2.24, 2.45) is 0 Å². The van der Waals surface area contributed by atoms with Crippen LogP contribution in [0.1, 0.15) is 6.92 Å². The molecule has 0 heterocycles. The van der Waals surface area contributed by atoms with Crippen LogP contribution in [0.5, 0.6) is 0 Å². The molecule has 0 radical (unpaired) electrons. The van der Waals surface area contributed by atoms with Crippen molar-refractivity contribution in [3.8, 4) is 0 Å². The third-order valence-electron chi connectivity index (χ3n) is 1.01. The fraction of sp³-hybridized carbons (Fsp3) is 0.500. The number of esters is 1. The summed E-state index contributed by atoms with van der Waals surface area (Å²) in [6.07, 6.45) is 0.612. The van der Waals surface area contributed by atoms with Crippen molar-refractivity contribution in [3.05, 3.63) is 11.8 Å². The predicted octanol–water partition coefficient (Wildman–Crippen LogP) is -0.465. The van der Waals surface area contributed by atoms with Crippen molar-refractivity contribution in [1.82, 2.24) is 0 Å². The van der Waals surface area contributed by atoms with Gasteiger partial charge in [0.15, 0.2) is 0 Å². The molecule has 0 aromatic rings. The van der Waals surface area contributed by atoms with Gasteiger partial charge in [-0.1, -0.05) is 0 Å². The van der Waals surface area contributed by atoms with E-state index in [-0.39, 0.29) is 18.8 Å². The smallest absolute Gasteiger partial charge is 0.460 e. The van der Waals surface area contributed by atoms with Gasteiger partial charge in [-0.15, -0.1) is 0 Å². The molecule has 0 amide bonds. The number of rotatable bonds is 5. The highest BCUT2D eigenvalue weighted by molar-refractivity contribution is 7.46. The van der Waals surface area contributed by atoms with Crippen molar-refractivity contribution in [2.75, 3.05) is 13.2 Å². The van der Waals surface area contributed by atoms with Crippen LogP contribution in [0, 0.1) is 0 Å². The quantitative estimate of drug-likeness (QED) is 0.251. The van der Waals surface area contributed by atoms with Gasteiger partial charge in [-0.25, -0.2) is 9.36 Å². The van der Waals surface area contributed by atoms with Crippen molar-refractivity contribution in [1.29, 1.82) is 0 Å². The van der Waals surface area contributed by atoms with Gasteiger partial charge in [0, 0.05) is 0 Å². The Morgan fingerprint density at radius 1 is 1.50 bits per heavy atom. The van der Waals surface area contributed by atoms with E-state index < -0.39 is 13.8 Å². The molecule has 0 aromatic carbocycles. The summed E-state index contributed by atoms with van der Waals surface area (Å²) >= 11 is 0. The molecule has 0 aliphatic rings. The third kappa shape index (κ3) is 6.62. The zero-order chi connectivity index (χ0) is 11.2. The number of phosphoric acid groups is 1. The average molecular weight is 226 g/mol. The van der Waals surface area contributed by atoms with Crippen LogP contribution >= 0.6 is 7.82 Å². The number of phosphoric ester groups is 1. The van der Waals surface area contributed by atoms with Crippen LogP contribution in [-0.4, -0.2) is 34.1 Å². The fourth-order valence-electron chi connectivity index (χ4n) is 0.448. The Bertz CT molecular complexity index is 265. The molecule has 0 atom stereocenters. The summed E-state index contributed by atoms with van der Waals surface area (Å²) in [5, 5.41) is 8.30. The molecule has 7 nitrogen and oxygen atoms in total. The van der Waals surface area contributed by atoms with Crippen LogP contribution in [0.3, 0.4) is 0 Å². The lowest BCUT2D eigenvalue weighted by Gasteiger charge is -2.04. The van der Waals surface area contributed by atoms with E-state index >= 15 is 0 Å². The molecule has 14 heavy (non-hydrogen) atoms. The zero-order valence-corrected chi connectivity index (χ0v) is 8.31. The summed E-state index contributed by atoms with van der Waals surface area (Å²) in [6.45, 7) is 0.758. The SMILES string of the molecule is C/C(=C\OP(=O)(O)O)C(=O)OCCO. The minimum atomic E-state index is -4.62. The first-order valence-electron chi connectivity index (χ1n) is 3.55. The molecule has 0 saturated heterocycles. The van der Waals surface area contributed by atoms with Crippen molar-refractivity contribution >= 4 is 13.8 Å². The molecule has 0 aliphatic carbocycles. The van der Waals surface area contributed by atoms with Crippen LogP contribution in [0.15, 0.2) is 11.8 Å². The summed E-state index contributed by atoms with van der Waals surface area (Å²) in [5.41, 5.74) is -0.109. The van der Waals surface area contributed by atoms with Gasteiger partial charge in [-0.3, -0.25) is 9.79 Å². The number of hydrogen-bond acceptors (Lipinski definition) is 5. The predicted molar refractivity (Wildman–Crippen MR) is 44.9 cm³/mol. The van der Waals surface area contributed by atoms with E-state index in [0.717, 1.165) is 0 Å². The lowest BCUT2D eigenvalue weighted by molar-refractivity contribution is -0.140. The first-order valence-corrected chi connectivity index (χ1v) is 5.08. The van der Waals surface area contributed by atoms with Crippen LogP contribution in [0.2, 0.25) is 0 Å². The summed E-state index contributed by atoms with van der Waals surface area (Å²) in [4.78, 5) is 27.4. The fourth-order valence-corrected chi connectivity index (χ4v) is 0.743. The Balaban J connectivity index is 4.11. The topological polar surface area (TPSA) is 113 Å². The van der Waals surface area contributed by atoms with Gasteiger partial charge in [-0.05, 0) is 6.92 Å². The maximum atomic E-state index is 10.9. The minimum absolute atomic E-state index is 0.109. The molecule has 0 bridgehead atoms. The van der Waals surface area contributed by atoms with E-state index in [9.17, 15) is 9.36 Å². The Morgan fingerprint density at radius 3 is 2.50 bits per heavy atom. The Kier molecular flexibility index (Phi) is 5.40. The lowest BCUT2D eigenvalue weighted by Crippen LogP contribution is -2.09. The van der Waals surface area contributed by atoms with E-state index in [2.05, 4.69) is 9.26 Å². The van der Waals surface area contributed by atoms with Gasteiger partial charge in [0.25, 0.3) is 0 Å². The Hall–Kier alpha value is -0.880. The average Bonchev–Trinajstić information content (AvgIpc) is 2.09. The van der Waals surface area contributed by atoms with Crippen LogP contribution in [-0.2, 0) is 18.6 Å². The highest BCUT2D eigenvalue weighted by atomic mass is 31.2. The summed E-state index contributed by atoms with van der Waals surface area (Å²) in [7, 11) is -4.62. The molecule has 0 aromatic heterocycles. The van der Waals surface area contributed by atoms with Crippen molar-refractivity contribution in [2.45, 2.75) is 6.92 Å². The molecule has 0 aliphatic heterocycles. The molecule has 8 heteroatoms. The number of hydrogen-bond donors (Lipinski definition) is 3. The molecular weight excluding hydrogens is 215 g/mol. The van der Waals surface area contributed by atoms with E-state index in [4.69, 9.17) is 14.9 Å². The largest absolute Gasteiger partial charge is 0.524 e. The molecule has 0 unspecified atom stereocenters. The maximum Gasteiger partial charge on any atom is 0.524 e. The van der Waals surface area contributed by atoms with Crippen LogP contribution < -0.4 is 0 Å². The van der Waals surface area contributed by atoms with Gasteiger partial charge in [0.1, 0.15) is 12.9 Å². The third-order valence-corrected chi connectivity index (χ3v) is 1.39. The zero-order valence-electron chi connectivity index (χ0n) is 7.41. The van der Waals surface area contributed by atoms with Gasteiger partial charge in [-0.2, -0.15) is 0 Å². The summed E-state index contributed by atoms with van der Waals surface area (Å²) in [5.74, 6) is -0.812. The van der Waals surface area contributed by atoms with Gasteiger partial charge in [0.05, 0.1) is 12.2 Å². The molecule has 82 valence electrons. The van der Waals surface area contributed by atoms with Crippen LogP contribution in [0.25, 0.3) is 0 Å².